The first-order valence-electron chi connectivity index (χ1n) is 3.27. The summed E-state index contributed by atoms with van der Waals surface area (Å²) in [6.07, 6.45) is 3.59. The van der Waals surface area contributed by atoms with E-state index in [1.165, 1.54) is 0 Å². The minimum absolute atomic E-state index is 0.258. The van der Waals surface area contributed by atoms with E-state index in [1.807, 2.05) is 20.0 Å². The van der Waals surface area contributed by atoms with Crippen molar-refractivity contribution in [2.75, 3.05) is 6.54 Å². The van der Waals surface area contributed by atoms with Gasteiger partial charge < -0.3 is 4.90 Å². The van der Waals surface area contributed by atoms with Gasteiger partial charge in [-0.15, -0.1) is 5.98 Å². The Morgan fingerprint density at radius 3 is 2.89 bits per heavy atom. The van der Waals surface area contributed by atoms with Crippen molar-refractivity contribution in [1.82, 2.24) is 4.90 Å². The third kappa shape index (κ3) is 1.34. The number of carbonyl (C=O) groups excluding carboxylic acids is 1. The van der Waals surface area contributed by atoms with Crippen LogP contribution in [-0.2, 0) is 4.79 Å². The fraction of sp³-hybridized carbons (Fsp3) is 0.500. The molecule has 1 heterocycles. The molecule has 48 valence electrons. The smallest absolute Gasteiger partial charge is 0.226 e. The number of nitrogens with zero attached hydrogens (tertiary/aromatic N) is 1. The first-order valence-corrected chi connectivity index (χ1v) is 3.27. The summed E-state index contributed by atoms with van der Waals surface area (Å²) in [5.41, 5.74) is 0. The summed E-state index contributed by atoms with van der Waals surface area (Å²) in [6.45, 7) is 0.906. The molecule has 1 aliphatic rings. The maximum atomic E-state index is 10.8. The van der Waals surface area contributed by atoms with Crippen LogP contribution in [0, 0.1) is 0 Å². The molecule has 1 aliphatic heterocycles. The highest BCUT2D eigenvalue weighted by molar-refractivity contribution is 6.17. The largest absolute Gasteiger partial charge is 0.320 e. The van der Waals surface area contributed by atoms with Crippen LogP contribution in [0.1, 0.15) is 12.8 Å². The maximum Gasteiger partial charge on any atom is 0.226 e. The van der Waals surface area contributed by atoms with Crippen LogP contribution in [-0.4, -0.2) is 25.2 Å². The second-order valence-electron chi connectivity index (χ2n) is 2.17. The van der Waals surface area contributed by atoms with Crippen molar-refractivity contribution in [3.8, 4) is 0 Å². The predicted molar refractivity (Wildman–Crippen MR) is 38.6 cm³/mol. The fourth-order valence-corrected chi connectivity index (χ4v) is 1.01. The average molecular weight is 123 g/mol. The highest BCUT2D eigenvalue weighted by Gasteiger charge is 2.16. The monoisotopic (exact) mass is 123 g/mol. The Kier molecular flexibility index (Phi) is 1.93. The molecule has 1 fully saturated rings. The number of rotatable bonds is 1. The normalized spacial score (nSPS) is 20.0. The molecule has 0 N–H and O–H groups in total. The molecule has 0 atom stereocenters. The van der Waals surface area contributed by atoms with Crippen molar-refractivity contribution in [2.45, 2.75) is 12.8 Å². The molecule has 1 saturated heterocycles. The van der Waals surface area contributed by atoms with Crippen LogP contribution >= 0.6 is 0 Å². The van der Waals surface area contributed by atoms with Gasteiger partial charge in [0.2, 0.25) is 5.91 Å². The predicted octanol–water partition coefficient (Wildman–Crippen LogP) is -0.287. The van der Waals surface area contributed by atoms with E-state index in [-0.39, 0.29) is 5.91 Å². The van der Waals surface area contributed by atoms with Gasteiger partial charge in [-0.2, -0.15) is 0 Å². The zero-order valence-corrected chi connectivity index (χ0v) is 5.63. The SMILES string of the molecule is BC=CN1CCCC1=O. The fourth-order valence-electron chi connectivity index (χ4n) is 1.01. The van der Waals surface area contributed by atoms with Crippen LogP contribution in [0.3, 0.4) is 0 Å². The van der Waals surface area contributed by atoms with Crippen LogP contribution < -0.4 is 0 Å². The molecule has 0 radical (unpaired) electrons. The molecule has 1 amide bonds. The molecule has 0 aromatic carbocycles. The van der Waals surface area contributed by atoms with E-state index in [0.717, 1.165) is 19.4 Å². The van der Waals surface area contributed by atoms with Crippen molar-refractivity contribution >= 4 is 13.8 Å². The Morgan fingerprint density at radius 2 is 2.44 bits per heavy atom. The van der Waals surface area contributed by atoms with Gasteiger partial charge in [-0.3, -0.25) is 4.79 Å². The zero-order valence-electron chi connectivity index (χ0n) is 5.63. The summed E-state index contributed by atoms with van der Waals surface area (Å²) in [5.74, 6) is 2.15. The molecule has 1 rings (SSSR count). The molecule has 0 aromatic rings. The van der Waals surface area contributed by atoms with Crippen molar-refractivity contribution in [2.24, 2.45) is 0 Å². The van der Waals surface area contributed by atoms with E-state index >= 15 is 0 Å². The van der Waals surface area contributed by atoms with E-state index in [1.54, 1.807) is 4.90 Å². The first-order chi connectivity index (χ1) is 4.34. The maximum absolute atomic E-state index is 10.8. The van der Waals surface area contributed by atoms with Crippen LogP contribution in [0.4, 0.5) is 0 Å². The van der Waals surface area contributed by atoms with Gasteiger partial charge in [0, 0.05) is 13.0 Å². The Morgan fingerprint density at radius 1 is 1.67 bits per heavy atom. The second-order valence-corrected chi connectivity index (χ2v) is 2.17. The summed E-state index contributed by atoms with van der Waals surface area (Å²) in [7, 11) is 1.92. The van der Waals surface area contributed by atoms with Gasteiger partial charge in [0.1, 0.15) is 7.85 Å². The van der Waals surface area contributed by atoms with Crippen LogP contribution in [0.15, 0.2) is 12.2 Å². The minimum Gasteiger partial charge on any atom is -0.320 e. The van der Waals surface area contributed by atoms with E-state index in [9.17, 15) is 4.79 Å². The van der Waals surface area contributed by atoms with Gasteiger partial charge >= 0.3 is 0 Å². The van der Waals surface area contributed by atoms with Crippen molar-refractivity contribution in [3.05, 3.63) is 12.2 Å². The summed E-state index contributed by atoms with van der Waals surface area (Å²) in [6, 6.07) is 0. The number of hydrogen-bond donors (Lipinski definition) is 0. The Bertz CT molecular complexity index is 144. The quantitative estimate of drug-likeness (QED) is 0.439. The lowest BCUT2D eigenvalue weighted by atomic mass is 10.2. The standard InChI is InChI=1S/C6H10BNO/c7-3-5-8-4-1-2-6(8)9/h3,5H,1-2,4,7H2. The average Bonchev–Trinajstić information content (AvgIpc) is 2.18. The molecule has 2 nitrogen and oxygen atoms in total. The zero-order chi connectivity index (χ0) is 6.69. The van der Waals surface area contributed by atoms with E-state index < -0.39 is 0 Å². The Balaban J connectivity index is 2.49. The molecule has 0 aromatic heterocycles. The lowest BCUT2D eigenvalue weighted by Crippen LogP contribution is -2.17. The number of likely N-dealkylation sites (tertiary alicyclic amines) is 1. The molecule has 0 bridgehead atoms. The number of amides is 1. The molecular weight excluding hydrogens is 113 g/mol. The van der Waals surface area contributed by atoms with Crippen LogP contribution in [0.2, 0.25) is 0 Å². The van der Waals surface area contributed by atoms with E-state index in [4.69, 9.17) is 0 Å². The van der Waals surface area contributed by atoms with Gasteiger partial charge in [-0.25, -0.2) is 0 Å². The summed E-state index contributed by atoms with van der Waals surface area (Å²) in [5, 5.41) is 0. The molecular formula is C6H10BNO. The van der Waals surface area contributed by atoms with Crippen LogP contribution in [0.25, 0.3) is 0 Å². The van der Waals surface area contributed by atoms with Gasteiger partial charge in [0.05, 0.1) is 0 Å². The van der Waals surface area contributed by atoms with Crippen LogP contribution in [0.5, 0.6) is 0 Å². The van der Waals surface area contributed by atoms with Gasteiger partial charge in [-0.05, 0) is 12.6 Å². The Hall–Kier alpha value is -0.725. The van der Waals surface area contributed by atoms with Crippen molar-refractivity contribution in [1.29, 1.82) is 0 Å². The summed E-state index contributed by atoms with van der Waals surface area (Å²) < 4.78 is 0. The third-order valence-corrected chi connectivity index (χ3v) is 1.44. The van der Waals surface area contributed by atoms with Gasteiger partial charge in [0.25, 0.3) is 0 Å². The lowest BCUT2D eigenvalue weighted by Gasteiger charge is -2.06. The number of hydrogen-bond acceptors (Lipinski definition) is 1. The third-order valence-electron chi connectivity index (χ3n) is 1.44. The second kappa shape index (κ2) is 2.71. The summed E-state index contributed by atoms with van der Waals surface area (Å²) in [4.78, 5) is 12.6. The van der Waals surface area contributed by atoms with E-state index in [0.29, 0.717) is 0 Å². The minimum atomic E-state index is 0.258. The Labute approximate surface area is 55.9 Å². The van der Waals surface area contributed by atoms with E-state index in [2.05, 4.69) is 0 Å². The summed E-state index contributed by atoms with van der Waals surface area (Å²) >= 11 is 0. The highest BCUT2D eigenvalue weighted by atomic mass is 16.2. The molecule has 0 saturated carbocycles. The molecule has 3 heteroatoms. The molecule has 9 heavy (non-hydrogen) atoms. The van der Waals surface area contributed by atoms with Crippen molar-refractivity contribution < 1.29 is 4.79 Å². The molecule has 0 unspecified atom stereocenters. The molecule has 0 aliphatic carbocycles. The topological polar surface area (TPSA) is 20.3 Å². The van der Waals surface area contributed by atoms with Gasteiger partial charge in [0.15, 0.2) is 0 Å². The highest BCUT2D eigenvalue weighted by Crippen LogP contribution is 2.08. The molecule has 0 spiro atoms. The lowest BCUT2D eigenvalue weighted by molar-refractivity contribution is -0.125. The van der Waals surface area contributed by atoms with Gasteiger partial charge in [-0.1, -0.05) is 0 Å². The number of carbonyl (C=O) groups is 1. The first kappa shape index (κ1) is 6.40. The van der Waals surface area contributed by atoms with Crippen molar-refractivity contribution in [3.63, 3.8) is 0 Å².